The smallest absolute Gasteiger partial charge is 0.343 e. The molecule has 1 spiro atoms. The van der Waals surface area contributed by atoms with Crippen LogP contribution in [0.5, 0.6) is 0 Å². The first-order chi connectivity index (χ1) is 11.5. The fourth-order valence-electron chi connectivity index (χ4n) is 3.89. The first-order valence-corrected chi connectivity index (χ1v) is 10.0. The van der Waals surface area contributed by atoms with Crippen LogP contribution in [-0.4, -0.2) is 59.3 Å². The third-order valence-electron chi connectivity index (χ3n) is 5.57. The second-order valence-electron chi connectivity index (χ2n) is 7.41. The number of ether oxygens (including phenoxy) is 1. The Morgan fingerprint density at radius 2 is 1.88 bits per heavy atom. The molecule has 3 rings (SSSR count). The molecule has 1 aromatic rings. The molecule has 2 aliphatic rings. The summed E-state index contributed by atoms with van der Waals surface area (Å²) in [5.74, 6) is 1.64. The van der Waals surface area contributed by atoms with Crippen LogP contribution in [0.3, 0.4) is 0 Å². The highest BCUT2D eigenvalue weighted by Gasteiger charge is 2.47. The fraction of sp³-hybridized carbons (Fsp3) is 0.632. The van der Waals surface area contributed by atoms with E-state index in [-0.39, 0.29) is 36.0 Å². The number of quaternary nitrogens is 1. The Labute approximate surface area is 171 Å². The highest BCUT2D eigenvalue weighted by Crippen LogP contribution is 2.33. The lowest BCUT2D eigenvalue weighted by atomic mass is 9.83. The van der Waals surface area contributed by atoms with Gasteiger partial charge in [0.25, 0.3) is 0 Å². The van der Waals surface area contributed by atoms with Gasteiger partial charge in [0.15, 0.2) is 11.7 Å². The van der Waals surface area contributed by atoms with Gasteiger partial charge in [-0.15, -0.1) is 0 Å². The molecule has 2 fully saturated rings. The van der Waals surface area contributed by atoms with E-state index in [9.17, 15) is 9.90 Å². The van der Waals surface area contributed by atoms with Gasteiger partial charge in [0.05, 0.1) is 19.6 Å². The van der Waals surface area contributed by atoms with E-state index in [4.69, 9.17) is 4.74 Å². The minimum Gasteiger partial charge on any atom is -1.00 e. The summed E-state index contributed by atoms with van der Waals surface area (Å²) in [5.41, 5.74) is -0.965. The maximum Gasteiger partial charge on any atom is 0.343 e. The summed E-state index contributed by atoms with van der Waals surface area (Å²) < 4.78 is 6.89. The van der Waals surface area contributed by atoms with Crippen molar-refractivity contribution in [1.29, 1.82) is 0 Å². The van der Waals surface area contributed by atoms with Crippen LogP contribution in [0.1, 0.15) is 25.8 Å². The van der Waals surface area contributed by atoms with E-state index in [1.54, 1.807) is 12.1 Å². The Kier molecular flexibility index (Phi) is 7.21. The molecule has 0 saturated carbocycles. The number of halogens is 1. The van der Waals surface area contributed by atoms with E-state index in [1.807, 2.05) is 43.8 Å². The number of aliphatic hydroxyl groups is 1. The number of esters is 1. The standard InChI is InChI=1S/C19H28NO3S.HI/c1-15(2)19(22,16-6-4-3-5-7-16)18(21)23-17-8-9-20(14-17)10-12-24-13-11-20;/h3-7,15,17,22H,8-14H2,1-2H3;1H/q+1;/p-1. The second kappa shape index (κ2) is 8.59. The largest absolute Gasteiger partial charge is 1.00 e. The summed E-state index contributed by atoms with van der Waals surface area (Å²) in [6.07, 6.45) is 0.828. The molecule has 0 aliphatic carbocycles. The number of hydrogen-bond acceptors (Lipinski definition) is 4. The fourth-order valence-corrected chi connectivity index (χ4v) is 5.12. The first kappa shape index (κ1) is 21.0. The number of thioether (sulfide) groups is 1. The highest BCUT2D eigenvalue weighted by atomic mass is 127. The van der Waals surface area contributed by atoms with Gasteiger partial charge in [-0.2, -0.15) is 11.8 Å². The highest BCUT2D eigenvalue weighted by molar-refractivity contribution is 7.99. The lowest BCUT2D eigenvalue weighted by Gasteiger charge is -2.37. The molecule has 2 saturated heterocycles. The van der Waals surface area contributed by atoms with Crippen molar-refractivity contribution in [3.63, 3.8) is 0 Å². The van der Waals surface area contributed by atoms with E-state index >= 15 is 0 Å². The van der Waals surface area contributed by atoms with Crippen LogP contribution in [-0.2, 0) is 15.1 Å². The van der Waals surface area contributed by atoms with Crippen molar-refractivity contribution in [1.82, 2.24) is 0 Å². The van der Waals surface area contributed by atoms with Crippen LogP contribution >= 0.6 is 11.8 Å². The Bertz CT molecular complexity index is 577. The molecule has 1 N–H and O–H groups in total. The third kappa shape index (κ3) is 4.34. The molecule has 0 aromatic heterocycles. The van der Waals surface area contributed by atoms with Crippen molar-refractivity contribution in [2.45, 2.75) is 32.0 Å². The molecule has 2 atom stereocenters. The van der Waals surface area contributed by atoms with Crippen LogP contribution in [0.25, 0.3) is 0 Å². The average molecular weight is 477 g/mol. The predicted molar refractivity (Wildman–Crippen MR) is 96.7 cm³/mol. The molecule has 2 unspecified atom stereocenters. The van der Waals surface area contributed by atoms with Crippen LogP contribution in [0.4, 0.5) is 0 Å². The van der Waals surface area contributed by atoms with E-state index < -0.39 is 11.6 Å². The number of benzene rings is 1. The molecule has 0 bridgehead atoms. The maximum absolute atomic E-state index is 12.9. The van der Waals surface area contributed by atoms with Crippen LogP contribution in [0, 0.1) is 5.92 Å². The van der Waals surface area contributed by atoms with Crippen molar-refractivity contribution >= 4 is 17.7 Å². The van der Waals surface area contributed by atoms with Gasteiger partial charge in [-0.1, -0.05) is 44.2 Å². The second-order valence-corrected chi connectivity index (χ2v) is 8.64. The quantitative estimate of drug-likeness (QED) is 0.358. The van der Waals surface area contributed by atoms with E-state index in [1.165, 1.54) is 24.6 Å². The summed E-state index contributed by atoms with van der Waals surface area (Å²) in [6, 6.07) is 9.17. The molecular weight excluding hydrogens is 449 g/mol. The van der Waals surface area contributed by atoms with Crippen molar-refractivity contribution in [3.05, 3.63) is 35.9 Å². The van der Waals surface area contributed by atoms with Gasteiger partial charge in [-0.25, -0.2) is 4.79 Å². The van der Waals surface area contributed by atoms with Crippen LogP contribution in [0.15, 0.2) is 30.3 Å². The van der Waals surface area contributed by atoms with Gasteiger partial charge in [0, 0.05) is 17.9 Å². The summed E-state index contributed by atoms with van der Waals surface area (Å²) >= 11 is 2.01. The molecule has 1 aromatic carbocycles. The van der Waals surface area contributed by atoms with Crippen molar-refractivity contribution in [3.8, 4) is 0 Å². The molecular formula is C19H28INO3S. The topological polar surface area (TPSA) is 46.5 Å². The number of carbonyl (C=O) groups is 1. The summed E-state index contributed by atoms with van der Waals surface area (Å²) in [5, 5.41) is 11.1. The molecule has 0 radical (unpaired) electrons. The summed E-state index contributed by atoms with van der Waals surface area (Å²) in [7, 11) is 0. The van der Waals surface area contributed by atoms with Crippen molar-refractivity contribution in [2.24, 2.45) is 5.92 Å². The van der Waals surface area contributed by atoms with Gasteiger partial charge in [0.2, 0.25) is 0 Å². The van der Waals surface area contributed by atoms with Crippen LogP contribution in [0.2, 0.25) is 0 Å². The molecule has 0 amide bonds. The summed E-state index contributed by atoms with van der Waals surface area (Å²) in [6.45, 7) is 8.05. The lowest BCUT2D eigenvalue weighted by Crippen LogP contribution is -3.00. The van der Waals surface area contributed by atoms with E-state index in [0.29, 0.717) is 5.56 Å². The predicted octanol–water partition coefficient (Wildman–Crippen LogP) is -0.587. The Hall–Kier alpha value is -0.310. The summed E-state index contributed by atoms with van der Waals surface area (Å²) in [4.78, 5) is 12.9. The molecule has 2 heterocycles. The number of hydrogen-bond donors (Lipinski definition) is 1. The van der Waals surface area contributed by atoms with E-state index in [0.717, 1.165) is 24.0 Å². The number of rotatable bonds is 4. The Morgan fingerprint density at radius 1 is 1.24 bits per heavy atom. The lowest BCUT2D eigenvalue weighted by molar-refractivity contribution is -0.914. The molecule has 4 nitrogen and oxygen atoms in total. The van der Waals surface area contributed by atoms with Crippen molar-refractivity contribution < 1.29 is 43.1 Å². The minimum atomic E-state index is -1.58. The zero-order valence-electron chi connectivity index (χ0n) is 15.0. The first-order valence-electron chi connectivity index (χ1n) is 8.88. The average Bonchev–Trinajstić information content (AvgIpc) is 2.97. The van der Waals surface area contributed by atoms with E-state index in [2.05, 4.69) is 0 Å². The molecule has 25 heavy (non-hydrogen) atoms. The minimum absolute atomic E-state index is 0. The SMILES string of the molecule is CC(C)C(O)(C(=O)OC1CC[N+]2(CCSCC2)C1)c1ccccc1.[I-]. The van der Waals surface area contributed by atoms with Gasteiger partial charge in [-0.3, -0.25) is 0 Å². The van der Waals surface area contributed by atoms with Gasteiger partial charge in [-0.05, 0) is 11.5 Å². The van der Waals surface area contributed by atoms with Crippen molar-refractivity contribution in [2.75, 3.05) is 37.7 Å². The number of carbonyl (C=O) groups excluding carboxylic acids is 1. The Morgan fingerprint density at radius 3 is 2.48 bits per heavy atom. The molecule has 140 valence electrons. The van der Waals surface area contributed by atoms with Crippen LogP contribution < -0.4 is 24.0 Å². The Balaban J connectivity index is 0.00000225. The third-order valence-corrected chi connectivity index (χ3v) is 6.51. The van der Waals surface area contributed by atoms with Gasteiger partial charge >= 0.3 is 5.97 Å². The number of nitrogens with zero attached hydrogens (tertiary/aromatic N) is 1. The van der Waals surface area contributed by atoms with Gasteiger partial charge < -0.3 is 38.3 Å². The maximum atomic E-state index is 12.9. The molecule has 2 aliphatic heterocycles. The zero-order chi connectivity index (χ0) is 17.2. The van der Waals surface area contributed by atoms with Gasteiger partial charge in [0.1, 0.15) is 6.54 Å². The zero-order valence-corrected chi connectivity index (χ0v) is 18.0. The monoisotopic (exact) mass is 477 g/mol. The molecule has 6 heteroatoms. The normalized spacial score (nSPS) is 24.6.